The summed E-state index contributed by atoms with van der Waals surface area (Å²) in [5.41, 5.74) is 5.03. The van der Waals surface area contributed by atoms with Crippen LogP contribution < -0.4 is 21.3 Å². The minimum atomic E-state index is -0.500. The number of furan rings is 2. The Morgan fingerprint density at radius 1 is 0.632 bits per heavy atom. The summed E-state index contributed by atoms with van der Waals surface area (Å²) in [6, 6.07) is 29.1. The Balaban J connectivity index is 0.000000189. The highest BCUT2D eigenvalue weighted by molar-refractivity contribution is 6.00. The number of benzene rings is 4. The molecule has 2 atom stereocenters. The zero-order valence-corrected chi connectivity index (χ0v) is 31.1. The van der Waals surface area contributed by atoms with Gasteiger partial charge in [0.15, 0.2) is 0 Å². The molecule has 4 heterocycles. The predicted molar refractivity (Wildman–Crippen MR) is 215 cm³/mol. The second kappa shape index (κ2) is 18.5. The lowest BCUT2D eigenvalue weighted by molar-refractivity contribution is -0.400. The van der Waals surface area contributed by atoms with Gasteiger partial charge in [-0.3, -0.25) is 29.8 Å². The molecule has 6 N–H and O–H groups in total. The summed E-state index contributed by atoms with van der Waals surface area (Å²) in [6.45, 7) is 4.08. The molecule has 6 aromatic rings. The number of amides is 2. The molecule has 2 aliphatic heterocycles. The van der Waals surface area contributed by atoms with E-state index >= 15 is 0 Å². The predicted octanol–water partition coefficient (Wildman–Crippen LogP) is 6.42. The Hall–Kier alpha value is -6.42. The summed E-state index contributed by atoms with van der Waals surface area (Å²) >= 11 is 0. The van der Waals surface area contributed by atoms with E-state index in [0.717, 1.165) is 61.0 Å². The van der Waals surface area contributed by atoms with E-state index in [1.165, 1.54) is 0 Å². The first-order valence-corrected chi connectivity index (χ1v) is 18.7. The summed E-state index contributed by atoms with van der Waals surface area (Å²) in [5, 5.41) is 36.8. The molecule has 0 aliphatic carbocycles. The van der Waals surface area contributed by atoms with E-state index in [4.69, 9.17) is 8.83 Å². The Morgan fingerprint density at radius 3 is 1.39 bits per heavy atom. The van der Waals surface area contributed by atoms with Crippen LogP contribution in [0.3, 0.4) is 0 Å². The molecule has 2 aliphatic rings. The lowest BCUT2D eigenvalue weighted by Crippen LogP contribution is -2.40. The number of rotatable bonds is 10. The second-order valence-electron chi connectivity index (χ2n) is 14.0. The fraction of sp³-hybridized carbons (Fsp3) is 0.286. The lowest BCUT2D eigenvalue weighted by Gasteiger charge is -2.21. The Labute approximate surface area is 327 Å². The number of carbonyl (C=O) groups is 2. The average Bonchev–Trinajstić information content (AvgIpc) is 3.83. The highest BCUT2D eigenvalue weighted by Gasteiger charge is 2.27. The molecule has 15 nitrogen and oxygen atoms in total. The number of nitrogens with zero attached hydrogens (tertiary/aromatic N) is 2. The van der Waals surface area contributed by atoms with E-state index < -0.39 is 9.85 Å². The number of hydrogen-bond acceptors (Lipinski definition) is 10. The normalized spacial score (nSPS) is 16.5. The Kier molecular flexibility index (Phi) is 13.0. The number of hydrogen-bond donors (Lipinski definition) is 4. The lowest BCUT2D eigenvalue weighted by atomic mass is 9.98. The quantitative estimate of drug-likeness (QED) is 0.0881. The Bertz CT molecular complexity index is 2180. The van der Waals surface area contributed by atoms with Crippen LogP contribution in [-0.4, -0.2) is 53.3 Å². The number of fused-ring (bicyclic) bond motifs is 2. The van der Waals surface area contributed by atoms with Crippen molar-refractivity contribution in [2.24, 2.45) is 11.8 Å². The maximum Gasteiger partial charge on any atom is 0.442 e. The number of carbonyl (C=O) groups excluding carboxylic acids is 2. The highest BCUT2D eigenvalue weighted by Crippen LogP contribution is 2.41. The third-order valence-electron chi connectivity index (χ3n) is 10.2. The van der Waals surface area contributed by atoms with Crippen molar-refractivity contribution in [3.63, 3.8) is 0 Å². The molecule has 2 saturated heterocycles. The van der Waals surface area contributed by atoms with Crippen LogP contribution in [0.15, 0.2) is 106 Å². The van der Waals surface area contributed by atoms with E-state index in [1.807, 2.05) is 84.9 Å². The topological polar surface area (TPSA) is 226 Å². The first kappa shape index (κ1) is 40.2. The van der Waals surface area contributed by atoms with Gasteiger partial charge in [0.25, 0.3) is 0 Å². The van der Waals surface area contributed by atoms with Crippen molar-refractivity contribution in [1.82, 2.24) is 21.3 Å². The van der Waals surface area contributed by atoms with Crippen molar-refractivity contribution in [2.75, 3.05) is 26.2 Å². The van der Waals surface area contributed by atoms with Gasteiger partial charge in [0.05, 0.1) is 11.8 Å². The van der Waals surface area contributed by atoms with Gasteiger partial charge in [-0.25, -0.2) is 0 Å². The standard InChI is InChI=1S/2C21H21N3O4.H2O/c2*25-20(16-7-4-10-22-13-16)23-12-14-8-9-18-17(11-14)19(21(28-18)24(26)27)15-5-2-1-3-6-15;/h2*1-3,5-6,8-9,11,16,22H,4,7,10,12-13H2,(H,23,25);1H2. The molecule has 2 unspecified atom stereocenters. The number of piperidine rings is 2. The summed E-state index contributed by atoms with van der Waals surface area (Å²) in [6.07, 6.45) is 3.79. The van der Waals surface area contributed by atoms with Gasteiger partial charge in [0.1, 0.15) is 32.1 Å². The first-order chi connectivity index (χ1) is 27.3. The summed E-state index contributed by atoms with van der Waals surface area (Å²) in [5.74, 6) is -0.478. The molecule has 0 radical (unpaired) electrons. The van der Waals surface area contributed by atoms with Crippen LogP contribution in [0.2, 0.25) is 0 Å². The van der Waals surface area contributed by atoms with E-state index in [9.17, 15) is 29.8 Å². The minimum Gasteiger partial charge on any atom is -0.412 e. The third kappa shape index (κ3) is 9.35. The maximum atomic E-state index is 12.4. The van der Waals surface area contributed by atoms with Gasteiger partial charge in [-0.1, -0.05) is 72.8 Å². The van der Waals surface area contributed by atoms with Crippen molar-refractivity contribution in [3.8, 4) is 22.3 Å². The van der Waals surface area contributed by atoms with Crippen LogP contribution in [0.4, 0.5) is 11.8 Å². The van der Waals surface area contributed by atoms with E-state index in [-0.39, 0.29) is 40.9 Å². The SMILES string of the molecule is O.O=C(NCc1ccc2oc([N+](=O)[O-])c(-c3ccccc3)c2c1)C1CCCNC1.O=C(NCc1ccc2oc([N+](=O)[O-])c(-c3ccccc3)c2c1)C1CCCNC1. The van der Waals surface area contributed by atoms with Gasteiger partial charge in [0, 0.05) is 37.0 Å². The molecule has 57 heavy (non-hydrogen) atoms. The van der Waals surface area contributed by atoms with Crippen molar-refractivity contribution in [1.29, 1.82) is 0 Å². The molecule has 0 bridgehead atoms. The van der Waals surface area contributed by atoms with Gasteiger partial charge >= 0.3 is 11.8 Å². The zero-order valence-electron chi connectivity index (χ0n) is 31.1. The van der Waals surface area contributed by atoms with Crippen LogP contribution in [0, 0.1) is 32.1 Å². The van der Waals surface area contributed by atoms with Crippen LogP contribution in [0.5, 0.6) is 0 Å². The molecule has 0 spiro atoms. The van der Waals surface area contributed by atoms with E-state index in [0.29, 0.717) is 59.2 Å². The Morgan fingerprint density at radius 2 is 1.04 bits per heavy atom. The summed E-state index contributed by atoms with van der Waals surface area (Å²) < 4.78 is 11.0. The van der Waals surface area contributed by atoms with Gasteiger partial charge in [-0.05, 0) is 85.3 Å². The molecule has 15 heteroatoms. The zero-order chi connectivity index (χ0) is 39.0. The molecular formula is C42H44N6O9. The molecule has 4 aromatic carbocycles. The fourth-order valence-corrected chi connectivity index (χ4v) is 7.33. The maximum absolute atomic E-state index is 12.4. The minimum absolute atomic E-state index is 0. The van der Waals surface area contributed by atoms with E-state index in [2.05, 4.69) is 21.3 Å². The molecule has 8 rings (SSSR count). The smallest absolute Gasteiger partial charge is 0.412 e. The van der Waals surface area contributed by atoms with Crippen molar-refractivity contribution >= 4 is 45.5 Å². The average molecular weight is 777 g/mol. The van der Waals surface area contributed by atoms with Crippen molar-refractivity contribution in [2.45, 2.75) is 38.8 Å². The van der Waals surface area contributed by atoms with Gasteiger partial charge in [-0.15, -0.1) is 0 Å². The molecule has 0 saturated carbocycles. The highest BCUT2D eigenvalue weighted by atomic mass is 16.7. The van der Waals surface area contributed by atoms with Crippen LogP contribution in [0.1, 0.15) is 36.8 Å². The molecular weight excluding hydrogens is 732 g/mol. The van der Waals surface area contributed by atoms with Crippen molar-refractivity contribution in [3.05, 3.63) is 128 Å². The van der Waals surface area contributed by atoms with Crippen LogP contribution >= 0.6 is 0 Å². The molecule has 2 aromatic heterocycles. The monoisotopic (exact) mass is 776 g/mol. The third-order valence-corrected chi connectivity index (χ3v) is 10.2. The molecule has 296 valence electrons. The summed E-state index contributed by atoms with van der Waals surface area (Å²) in [7, 11) is 0. The van der Waals surface area contributed by atoms with Crippen LogP contribution in [-0.2, 0) is 22.7 Å². The van der Waals surface area contributed by atoms with Gasteiger partial charge in [0.2, 0.25) is 11.8 Å². The van der Waals surface area contributed by atoms with Crippen LogP contribution in [0.25, 0.3) is 44.2 Å². The number of nitrogens with one attached hydrogen (secondary N) is 4. The second-order valence-corrected chi connectivity index (χ2v) is 14.0. The summed E-state index contributed by atoms with van der Waals surface area (Å²) in [4.78, 5) is 46.7. The van der Waals surface area contributed by atoms with Crippen molar-refractivity contribution < 1.29 is 33.7 Å². The van der Waals surface area contributed by atoms with E-state index in [1.54, 1.807) is 12.1 Å². The molecule has 2 amide bonds. The molecule has 2 fully saturated rings. The van der Waals surface area contributed by atoms with Gasteiger partial charge in [-0.2, -0.15) is 0 Å². The first-order valence-electron chi connectivity index (χ1n) is 18.7. The number of nitro groups is 2. The van der Waals surface area contributed by atoms with Gasteiger partial charge < -0.3 is 35.6 Å². The largest absolute Gasteiger partial charge is 0.442 e. The fourth-order valence-electron chi connectivity index (χ4n) is 7.33.